The molecule has 2 N–H and O–H groups in total. The van der Waals surface area contributed by atoms with Crippen molar-refractivity contribution in [2.45, 2.75) is 13.1 Å². The number of carboxylic acid groups (broad SMARTS) is 1. The van der Waals surface area contributed by atoms with Crippen molar-refractivity contribution in [3.63, 3.8) is 0 Å². The van der Waals surface area contributed by atoms with E-state index in [1.165, 1.54) is 30.3 Å². The Bertz CT molecular complexity index is 1040. The molecule has 0 saturated heterocycles. The quantitative estimate of drug-likeness (QED) is 0.478. The smallest absolute Gasteiger partial charge is 0.416 e. The number of hydrogen-bond donors (Lipinski definition) is 2. The molecule has 31 heavy (non-hydrogen) atoms. The van der Waals surface area contributed by atoms with Gasteiger partial charge < -0.3 is 19.9 Å². The number of aliphatic carboxylic acids is 1. The van der Waals surface area contributed by atoms with Crippen LogP contribution in [0.15, 0.2) is 48.0 Å². The Hall–Kier alpha value is -4.00. The van der Waals surface area contributed by atoms with Crippen LogP contribution in [0.4, 0.5) is 18.9 Å². The van der Waals surface area contributed by atoms with Gasteiger partial charge in [-0.2, -0.15) is 18.4 Å². The Kier molecular flexibility index (Phi) is 7.63. The zero-order chi connectivity index (χ0) is 23.0. The van der Waals surface area contributed by atoms with Crippen LogP contribution in [-0.2, 0) is 15.8 Å². The molecule has 0 aromatic heterocycles. The number of carboxylic acids is 1. The van der Waals surface area contributed by atoms with Crippen molar-refractivity contribution in [2.24, 2.45) is 0 Å². The molecule has 2 rings (SSSR count). The first-order valence-electron chi connectivity index (χ1n) is 8.86. The summed E-state index contributed by atoms with van der Waals surface area (Å²) in [4.78, 5) is 23.0. The molecule has 2 aromatic carbocycles. The molecular formula is C21H17F3N2O5. The summed E-state index contributed by atoms with van der Waals surface area (Å²) in [5, 5.41) is 20.1. The van der Waals surface area contributed by atoms with E-state index in [9.17, 15) is 22.8 Å². The van der Waals surface area contributed by atoms with E-state index in [-0.39, 0.29) is 23.8 Å². The maximum absolute atomic E-state index is 12.8. The van der Waals surface area contributed by atoms with Gasteiger partial charge in [0.2, 0.25) is 0 Å². The van der Waals surface area contributed by atoms with Gasteiger partial charge in [-0.25, -0.2) is 4.79 Å². The number of anilines is 1. The molecule has 1 amide bonds. The lowest BCUT2D eigenvalue weighted by molar-refractivity contribution is -0.137. The number of alkyl halides is 3. The monoisotopic (exact) mass is 434 g/mol. The number of hydrogen-bond acceptors (Lipinski definition) is 5. The van der Waals surface area contributed by atoms with Crippen LogP contribution in [0.5, 0.6) is 11.5 Å². The molecule has 0 aliphatic carbocycles. The molecule has 0 spiro atoms. The van der Waals surface area contributed by atoms with Crippen molar-refractivity contribution in [1.82, 2.24) is 0 Å². The van der Waals surface area contributed by atoms with E-state index in [4.69, 9.17) is 19.8 Å². The van der Waals surface area contributed by atoms with Gasteiger partial charge in [-0.05, 0) is 48.9 Å². The third-order valence-electron chi connectivity index (χ3n) is 3.76. The molecule has 0 heterocycles. The van der Waals surface area contributed by atoms with E-state index in [0.717, 1.165) is 18.2 Å². The Labute approximate surface area is 175 Å². The van der Waals surface area contributed by atoms with Gasteiger partial charge >= 0.3 is 12.1 Å². The minimum Gasteiger partial charge on any atom is -0.490 e. The first-order chi connectivity index (χ1) is 14.6. The van der Waals surface area contributed by atoms with Crippen LogP contribution in [-0.4, -0.2) is 30.2 Å². The molecule has 0 atom stereocenters. The highest BCUT2D eigenvalue weighted by Crippen LogP contribution is 2.31. The van der Waals surface area contributed by atoms with Crippen molar-refractivity contribution >= 4 is 23.6 Å². The van der Waals surface area contributed by atoms with E-state index in [1.807, 2.05) is 0 Å². The van der Waals surface area contributed by atoms with E-state index in [1.54, 1.807) is 13.0 Å². The molecule has 7 nitrogen and oxygen atoms in total. The van der Waals surface area contributed by atoms with Crippen LogP contribution in [0.2, 0.25) is 0 Å². The van der Waals surface area contributed by atoms with Gasteiger partial charge in [0, 0.05) is 5.69 Å². The summed E-state index contributed by atoms with van der Waals surface area (Å²) in [6.07, 6.45) is -3.39. The molecule has 162 valence electrons. The molecule has 0 fully saturated rings. The number of nitrogens with zero attached hydrogens (tertiary/aromatic N) is 1. The third kappa shape index (κ3) is 6.78. The van der Waals surface area contributed by atoms with Gasteiger partial charge in [-0.3, -0.25) is 4.79 Å². The summed E-state index contributed by atoms with van der Waals surface area (Å²) in [5.74, 6) is -1.71. The van der Waals surface area contributed by atoms with Crippen molar-refractivity contribution in [2.75, 3.05) is 18.5 Å². The highest BCUT2D eigenvalue weighted by Gasteiger charge is 2.30. The Morgan fingerprint density at radius 3 is 2.52 bits per heavy atom. The van der Waals surface area contributed by atoms with Crippen LogP contribution >= 0.6 is 0 Å². The van der Waals surface area contributed by atoms with Crippen molar-refractivity contribution in [3.05, 3.63) is 59.2 Å². The van der Waals surface area contributed by atoms with Crippen molar-refractivity contribution in [1.29, 1.82) is 5.26 Å². The fraction of sp³-hybridized carbons (Fsp3) is 0.190. The lowest BCUT2D eigenvalue weighted by atomic mass is 10.1. The highest BCUT2D eigenvalue weighted by atomic mass is 19.4. The fourth-order valence-corrected chi connectivity index (χ4v) is 2.42. The minimum atomic E-state index is -4.54. The van der Waals surface area contributed by atoms with Gasteiger partial charge in [0.1, 0.15) is 11.6 Å². The summed E-state index contributed by atoms with van der Waals surface area (Å²) in [7, 11) is 0. The van der Waals surface area contributed by atoms with Gasteiger partial charge in [0.15, 0.2) is 18.1 Å². The summed E-state index contributed by atoms with van der Waals surface area (Å²) in [5.41, 5.74) is -1.04. The van der Waals surface area contributed by atoms with E-state index in [2.05, 4.69) is 5.32 Å². The summed E-state index contributed by atoms with van der Waals surface area (Å²) < 4.78 is 49.1. The largest absolute Gasteiger partial charge is 0.490 e. The number of nitrogens with one attached hydrogen (secondary N) is 1. The number of rotatable bonds is 8. The van der Waals surface area contributed by atoms with Gasteiger partial charge in [-0.15, -0.1) is 0 Å². The van der Waals surface area contributed by atoms with E-state index >= 15 is 0 Å². The Morgan fingerprint density at radius 1 is 1.16 bits per heavy atom. The second-order valence-electron chi connectivity index (χ2n) is 6.03. The van der Waals surface area contributed by atoms with Crippen LogP contribution in [0.3, 0.4) is 0 Å². The Balaban J connectivity index is 2.11. The average molecular weight is 434 g/mol. The maximum Gasteiger partial charge on any atom is 0.416 e. The first-order valence-corrected chi connectivity index (χ1v) is 8.86. The topological polar surface area (TPSA) is 109 Å². The molecule has 0 unspecified atom stereocenters. The molecule has 0 aliphatic rings. The number of carbonyl (C=O) groups excluding carboxylic acids is 1. The molecular weight excluding hydrogens is 417 g/mol. The normalized spacial score (nSPS) is 11.4. The molecule has 0 radical (unpaired) electrons. The van der Waals surface area contributed by atoms with E-state index < -0.39 is 35.8 Å². The first kappa shape index (κ1) is 23.3. The minimum absolute atomic E-state index is 0.0355. The lowest BCUT2D eigenvalue weighted by Gasteiger charge is -2.13. The SMILES string of the molecule is CCOc1cc(/C=C(\C#N)C(=O)O)ccc1OCC(=O)Nc1cccc(C(F)(F)F)c1. The summed E-state index contributed by atoms with van der Waals surface area (Å²) in [6.45, 7) is 1.43. The average Bonchev–Trinajstić information content (AvgIpc) is 2.71. The molecule has 0 aliphatic heterocycles. The summed E-state index contributed by atoms with van der Waals surface area (Å²) in [6, 6.07) is 10.1. The summed E-state index contributed by atoms with van der Waals surface area (Å²) >= 11 is 0. The number of carbonyl (C=O) groups is 2. The highest BCUT2D eigenvalue weighted by molar-refractivity contribution is 5.96. The maximum atomic E-state index is 12.8. The van der Waals surface area contributed by atoms with Gasteiger partial charge in [-0.1, -0.05) is 12.1 Å². The number of nitriles is 1. The van der Waals surface area contributed by atoms with Crippen molar-refractivity contribution in [3.8, 4) is 17.6 Å². The standard InChI is InChI=1S/C21H17F3N2O5/c1-2-30-18-9-13(8-14(11-25)20(28)29)6-7-17(18)31-12-19(27)26-16-5-3-4-15(10-16)21(22,23)24/h3-10H,2,12H2,1H3,(H,26,27)(H,28,29)/b14-8+. The van der Waals surface area contributed by atoms with Gasteiger partial charge in [0.05, 0.1) is 12.2 Å². The molecule has 2 aromatic rings. The third-order valence-corrected chi connectivity index (χ3v) is 3.76. The number of halogens is 3. The second-order valence-corrected chi connectivity index (χ2v) is 6.03. The van der Waals surface area contributed by atoms with Crippen LogP contribution in [0, 0.1) is 11.3 Å². The zero-order valence-electron chi connectivity index (χ0n) is 16.2. The molecule has 0 bridgehead atoms. The predicted molar refractivity (Wildman–Crippen MR) is 104 cm³/mol. The van der Waals surface area contributed by atoms with Crippen LogP contribution in [0.25, 0.3) is 6.08 Å². The fourth-order valence-electron chi connectivity index (χ4n) is 2.42. The van der Waals surface area contributed by atoms with Gasteiger partial charge in [0.25, 0.3) is 5.91 Å². The van der Waals surface area contributed by atoms with Crippen molar-refractivity contribution < 1.29 is 37.3 Å². The van der Waals surface area contributed by atoms with Crippen LogP contribution in [0.1, 0.15) is 18.1 Å². The predicted octanol–water partition coefficient (Wildman–Crippen LogP) is 4.11. The molecule has 0 saturated carbocycles. The Morgan fingerprint density at radius 2 is 1.90 bits per heavy atom. The van der Waals surface area contributed by atoms with E-state index in [0.29, 0.717) is 5.56 Å². The number of ether oxygens (including phenoxy) is 2. The van der Waals surface area contributed by atoms with Crippen LogP contribution < -0.4 is 14.8 Å². The molecule has 10 heteroatoms. The second kappa shape index (κ2) is 10.2. The lowest BCUT2D eigenvalue weighted by Crippen LogP contribution is -2.20. The number of benzene rings is 2. The number of amides is 1. The zero-order valence-corrected chi connectivity index (χ0v) is 16.2.